The predicted octanol–water partition coefficient (Wildman–Crippen LogP) is 4.02. The SMILES string of the molecule is C=CCOC(=O)Nc1cccc([C@H]2O[C@@H](CSc3nnnn3C)[C@@H](C)[C@@H](c3ccc(CO)cc3)O2)c1. The van der Waals surface area contributed by atoms with Crippen molar-refractivity contribution in [1.82, 2.24) is 20.2 Å². The molecule has 36 heavy (non-hydrogen) atoms. The van der Waals surface area contributed by atoms with Gasteiger partial charge in [-0.1, -0.05) is 67.7 Å². The lowest BCUT2D eigenvalue weighted by Gasteiger charge is -2.41. The molecule has 2 N–H and O–H groups in total. The summed E-state index contributed by atoms with van der Waals surface area (Å²) in [5.41, 5.74) is 3.15. The number of rotatable bonds is 9. The molecule has 1 aliphatic heterocycles. The summed E-state index contributed by atoms with van der Waals surface area (Å²) in [6.45, 7) is 5.73. The van der Waals surface area contributed by atoms with Crippen molar-refractivity contribution in [3.05, 3.63) is 77.9 Å². The zero-order valence-corrected chi connectivity index (χ0v) is 20.9. The van der Waals surface area contributed by atoms with Gasteiger partial charge in [-0.05, 0) is 33.7 Å². The number of carbonyl (C=O) groups is 1. The number of aliphatic hydroxyl groups is 1. The lowest BCUT2D eigenvalue weighted by molar-refractivity contribution is -0.268. The number of nitrogens with zero attached hydrogens (tertiary/aromatic N) is 4. The molecule has 1 amide bonds. The van der Waals surface area contributed by atoms with Crippen LogP contribution in [-0.4, -0.2) is 49.9 Å². The highest BCUT2D eigenvalue weighted by Gasteiger charge is 2.38. The van der Waals surface area contributed by atoms with Crippen LogP contribution in [-0.2, 0) is 27.9 Å². The minimum absolute atomic E-state index is 0.0186. The standard InChI is InChI=1S/C25H29N5O5S/c1-4-12-33-25(32)26-20-7-5-6-19(13-20)23-34-21(15-36-24-27-28-29-30(24)3)16(2)22(35-23)18-10-8-17(14-31)9-11-18/h4-11,13,16,21-23,31H,1,12,14-15H2,2-3H3,(H,26,32)/t16-,21+,22+,23+/m1/s1. The van der Waals surface area contributed by atoms with E-state index in [0.717, 1.165) is 16.7 Å². The summed E-state index contributed by atoms with van der Waals surface area (Å²) < 4.78 is 19.5. The number of aromatic nitrogens is 4. The third-order valence-electron chi connectivity index (χ3n) is 5.82. The first kappa shape index (κ1) is 25.8. The van der Waals surface area contributed by atoms with Gasteiger partial charge in [-0.3, -0.25) is 5.32 Å². The molecule has 1 aromatic heterocycles. The maximum Gasteiger partial charge on any atom is 0.411 e. The smallest absolute Gasteiger partial charge is 0.411 e. The van der Waals surface area contributed by atoms with Crippen molar-refractivity contribution in [3.63, 3.8) is 0 Å². The lowest BCUT2D eigenvalue weighted by Crippen LogP contribution is -2.38. The summed E-state index contributed by atoms with van der Waals surface area (Å²) in [6, 6.07) is 15.0. The van der Waals surface area contributed by atoms with Crippen LogP contribution in [0, 0.1) is 5.92 Å². The fourth-order valence-corrected chi connectivity index (χ4v) is 4.87. The Morgan fingerprint density at radius 2 is 2.06 bits per heavy atom. The van der Waals surface area contributed by atoms with Crippen molar-refractivity contribution < 1.29 is 24.1 Å². The van der Waals surface area contributed by atoms with E-state index >= 15 is 0 Å². The number of hydrogen-bond donors (Lipinski definition) is 2. The van der Waals surface area contributed by atoms with Gasteiger partial charge in [-0.2, -0.15) is 0 Å². The van der Waals surface area contributed by atoms with Crippen LogP contribution in [0.25, 0.3) is 0 Å². The summed E-state index contributed by atoms with van der Waals surface area (Å²) >= 11 is 1.52. The molecule has 4 atom stereocenters. The number of hydrogen-bond acceptors (Lipinski definition) is 9. The number of tetrazole rings is 1. The second kappa shape index (κ2) is 12.1. The van der Waals surface area contributed by atoms with Gasteiger partial charge in [0.05, 0.1) is 18.8 Å². The number of ether oxygens (including phenoxy) is 3. The topological polar surface area (TPSA) is 121 Å². The molecule has 10 nitrogen and oxygen atoms in total. The van der Waals surface area contributed by atoms with E-state index in [1.54, 1.807) is 23.9 Å². The van der Waals surface area contributed by atoms with Gasteiger partial charge >= 0.3 is 6.09 Å². The van der Waals surface area contributed by atoms with Gasteiger partial charge in [-0.25, -0.2) is 9.48 Å². The molecule has 1 aliphatic rings. The van der Waals surface area contributed by atoms with Crippen molar-refractivity contribution in [2.45, 2.75) is 37.2 Å². The van der Waals surface area contributed by atoms with Gasteiger partial charge in [-0.15, -0.1) is 5.10 Å². The minimum atomic E-state index is -0.669. The third kappa shape index (κ3) is 6.30. The Kier molecular flexibility index (Phi) is 8.70. The first-order valence-corrected chi connectivity index (χ1v) is 12.5. The van der Waals surface area contributed by atoms with Gasteiger partial charge in [0.1, 0.15) is 6.61 Å². The van der Waals surface area contributed by atoms with Crippen molar-refractivity contribution >= 4 is 23.5 Å². The van der Waals surface area contributed by atoms with Crippen LogP contribution >= 0.6 is 11.8 Å². The number of anilines is 1. The number of aryl methyl sites for hydroxylation is 1. The Balaban J connectivity index is 1.56. The first-order chi connectivity index (χ1) is 17.5. The summed E-state index contributed by atoms with van der Waals surface area (Å²) in [6.07, 6.45) is -0.169. The largest absolute Gasteiger partial charge is 0.445 e. The van der Waals surface area contributed by atoms with E-state index in [4.69, 9.17) is 14.2 Å². The zero-order valence-electron chi connectivity index (χ0n) is 20.1. The second-order valence-electron chi connectivity index (χ2n) is 8.36. The normalized spacial score (nSPS) is 21.6. The molecule has 0 bridgehead atoms. The molecule has 2 heterocycles. The number of aliphatic hydroxyl groups excluding tert-OH is 1. The maximum absolute atomic E-state index is 12.0. The van der Waals surface area contributed by atoms with E-state index < -0.39 is 12.4 Å². The van der Waals surface area contributed by atoms with Gasteiger partial charge < -0.3 is 19.3 Å². The number of nitrogens with one attached hydrogen (secondary N) is 1. The minimum Gasteiger partial charge on any atom is -0.445 e. The Bertz CT molecular complexity index is 1170. The van der Waals surface area contributed by atoms with Crippen molar-refractivity contribution in [2.24, 2.45) is 13.0 Å². The van der Waals surface area contributed by atoms with E-state index in [0.29, 0.717) is 16.6 Å². The molecule has 0 saturated carbocycles. The summed E-state index contributed by atoms with van der Waals surface area (Å²) in [5.74, 6) is 0.636. The van der Waals surface area contributed by atoms with Gasteiger partial charge in [0.15, 0.2) is 6.29 Å². The molecule has 0 aliphatic carbocycles. The Morgan fingerprint density at radius 1 is 1.25 bits per heavy atom. The average Bonchev–Trinajstić information content (AvgIpc) is 3.31. The quantitative estimate of drug-likeness (QED) is 0.324. The number of benzene rings is 2. The highest BCUT2D eigenvalue weighted by molar-refractivity contribution is 7.99. The van der Waals surface area contributed by atoms with Crippen LogP contribution in [0.3, 0.4) is 0 Å². The molecule has 3 aromatic rings. The Morgan fingerprint density at radius 3 is 2.75 bits per heavy atom. The van der Waals surface area contributed by atoms with Crippen LogP contribution < -0.4 is 5.32 Å². The molecule has 2 aromatic carbocycles. The Hall–Kier alpha value is -3.25. The van der Waals surface area contributed by atoms with E-state index in [1.165, 1.54) is 17.8 Å². The molecule has 1 fully saturated rings. The van der Waals surface area contributed by atoms with Gasteiger partial charge in [0.25, 0.3) is 0 Å². The van der Waals surface area contributed by atoms with Crippen LogP contribution in [0.4, 0.5) is 10.5 Å². The summed E-state index contributed by atoms with van der Waals surface area (Å²) in [5, 5.41) is 24.5. The highest BCUT2D eigenvalue weighted by atomic mass is 32.2. The number of amides is 1. The fraction of sp³-hybridized carbons (Fsp3) is 0.360. The molecule has 4 rings (SSSR count). The highest BCUT2D eigenvalue weighted by Crippen LogP contribution is 2.43. The fourth-order valence-electron chi connectivity index (χ4n) is 3.86. The van der Waals surface area contributed by atoms with Crippen molar-refractivity contribution in [1.29, 1.82) is 0 Å². The van der Waals surface area contributed by atoms with Gasteiger partial charge in [0.2, 0.25) is 5.16 Å². The molecule has 11 heteroatoms. The Labute approximate surface area is 213 Å². The van der Waals surface area contributed by atoms with Crippen molar-refractivity contribution in [2.75, 3.05) is 17.7 Å². The van der Waals surface area contributed by atoms with E-state index in [9.17, 15) is 9.90 Å². The second-order valence-corrected chi connectivity index (χ2v) is 9.34. The molecule has 0 radical (unpaired) electrons. The van der Waals surface area contributed by atoms with E-state index in [1.807, 2.05) is 36.4 Å². The van der Waals surface area contributed by atoms with Crippen LogP contribution in [0.15, 0.2) is 66.3 Å². The van der Waals surface area contributed by atoms with Gasteiger partial charge in [0, 0.05) is 30.0 Å². The molecular weight excluding hydrogens is 482 g/mol. The average molecular weight is 512 g/mol. The molecule has 1 saturated heterocycles. The third-order valence-corrected chi connectivity index (χ3v) is 6.92. The van der Waals surface area contributed by atoms with E-state index in [2.05, 4.69) is 34.3 Å². The first-order valence-electron chi connectivity index (χ1n) is 11.5. The summed E-state index contributed by atoms with van der Waals surface area (Å²) in [4.78, 5) is 12.0. The van der Waals surface area contributed by atoms with Crippen LogP contribution in [0.2, 0.25) is 0 Å². The lowest BCUT2D eigenvalue weighted by atomic mass is 9.91. The molecular formula is C25H29N5O5S. The van der Waals surface area contributed by atoms with E-state index in [-0.39, 0.29) is 31.3 Å². The van der Waals surface area contributed by atoms with Crippen LogP contribution in [0.5, 0.6) is 0 Å². The predicted molar refractivity (Wildman–Crippen MR) is 134 cm³/mol. The number of thioether (sulfide) groups is 1. The summed E-state index contributed by atoms with van der Waals surface area (Å²) in [7, 11) is 1.80. The monoisotopic (exact) mass is 511 g/mol. The maximum atomic E-state index is 12.0. The van der Waals surface area contributed by atoms with Crippen molar-refractivity contribution in [3.8, 4) is 0 Å². The van der Waals surface area contributed by atoms with Crippen LogP contribution in [0.1, 0.15) is 36.0 Å². The molecule has 0 spiro atoms. The number of carbonyl (C=O) groups excluding carboxylic acids is 1. The molecule has 190 valence electrons. The zero-order chi connectivity index (χ0) is 25.5. The molecule has 0 unspecified atom stereocenters.